The van der Waals surface area contributed by atoms with Gasteiger partial charge in [0, 0.05) is 4.47 Å². The molecule has 0 aromatic heterocycles. The van der Waals surface area contributed by atoms with Crippen LogP contribution in [0.15, 0.2) is 28.7 Å². The Kier molecular flexibility index (Phi) is 4.46. The van der Waals surface area contributed by atoms with E-state index in [4.69, 9.17) is 10.6 Å². The van der Waals surface area contributed by atoms with E-state index >= 15 is 0 Å². The van der Waals surface area contributed by atoms with Crippen molar-refractivity contribution >= 4 is 21.9 Å². The van der Waals surface area contributed by atoms with Gasteiger partial charge in [0.15, 0.2) is 0 Å². The maximum absolute atomic E-state index is 11.8. The van der Waals surface area contributed by atoms with Crippen molar-refractivity contribution in [3.05, 3.63) is 34.3 Å². The summed E-state index contributed by atoms with van der Waals surface area (Å²) in [5.41, 5.74) is -0.129. The number of carbonyl (C=O) groups is 1. The Bertz CT molecular complexity index is 383. The molecular formula is C11H14BrNO3. The zero-order valence-corrected chi connectivity index (χ0v) is 10.8. The van der Waals surface area contributed by atoms with Gasteiger partial charge in [0.25, 0.3) is 0 Å². The molecule has 0 amide bonds. The fraction of sp³-hybridized carbons (Fsp3) is 0.364. The molecule has 5 heteroatoms. The van der Waals surface area contributed by atoms with Crippen LogP contribution in [0.1, 0.15) is 12.5 Å². The Morgan fingerprint density at radius 3 is 2.62 bits per heavy atom. The summed E-state index contributed by atoms with van der Waals surface area (Å²) in [6.07, 6.45) is 0. The maximum Gasteiger partial charge on any atom is 0.318 e. The molecule has 1 aromatic rings. The Morgan fingerprint density at radius 2 is 2.12 bits per heavy atom. The van der Waals surface area contributed by atoms with Gasteiger partial charge in [-0.3, -0.25) is 4.79 Å². The van der Waals surface area contributed by atoms with Crippen molar-refractivity contribution in [3.63, 3.8) is 0 Å². The second-order valence-electron chi connectivity index (χ2n) is 3.61. The molecule has 0 bridgehead atoms. The van der Waals surface area contributed by atoms with E-state index in [1.165, 1.54) is 7.11 Å². The van der Waals surface area contributed by atoms with E-state index in [0.717, 1.165) is 10.0 Å². The van der Waals surface area contributed by atoms with Gasteiger partial charge in [-0.15, -0.1) is 0 Å². The first-order valence-corrected chi connectivity index (χ1v) is 5.50. The zero-order valence-electron chi connectivity index (χ0n) is 9.20. The number of halogens is 1. The lowest BCUT2D eigenvalue weighted by Crippen LogP contribution is -2.39. The third kappa shape index (κ3) is 2.42. The van der Waals surface area contributed by atoms with Crippen LogP contribution in [0, 0.1) is 0 Å². The summed E-state index contributed by atoms with van der Waals surface area (Å²) in [5, 5.41) is 0. The number of methoxy groups -OCH3 is 1. The molecular weight excluding hydrogens is 274 g/mol. The van der Waals surface area contributed by atoms with E-state index in [0.29, 0.717) is 0 Å². The summed E-state index contributed by atoms with van der Waals surface area (Å²) < 4.78 is 5.60. The van der Waals surface area contributed by atoms with Crippen LogP contribution >= 0.6 is 15.9 Å². The molecule has 0 radical (unpaired) electrons. The number of nitrogens with two attached hydrogens (primary N) is 1. The molecule has 2 N–H and O–H groups in total. The van der Waals surface area contributed by atoms with Gasteiger partial charge in [-0.1, -0.05) is 34.1 Å². The second-order valence-corrected chi connectivity index (χ2v) is 4.47. The molecule has 88 valence electrons. The first-order valence-electron chi connectivity index (χ1n) is 4.71. The predicted octanol–water partition coefficient (Wildman–Crippen LogP) is 1.77. The van der Waals surface area contributed by atoms with E-state index in [9.17, 15) is 4.79 Å². The standard InChI is InChI=1S/C11H14BrNO3/c1-11(7-16-13,10(14)15-2)8-5-3-4-6-9(8)12/h3-6H,7,13H2,1-2H3. The van der Waals surface area contributed by atoms with Gasteiger partial charge in [-0.25, -0.2) is 5.90 Å². The van der Waals surface area contributed by atoms with Crippen LogP contribution in [0.5, 0.6) is 0 Å². The fourth-order valence-corrected chi connectivity index (χ4v) is 2.27. The van der Waals surface area contributed by atoms with E-state index in [2.05, 4.69) is 20.8 Å². The molecule has 0 fully saturated rings. The van der Waals surface area contributed by atoms with Crippen molar-refractivity contribution in [1.29, 1.82) is 0 Å². The van der Waals surface area contributed by atoms with Crippen LogP contribution < -0.4 is 5.90 Å². The highest BCUT2D eigenvalue weighted by Gasteiger charge is 2.38. The fourth-order valence-electron chi connectivity index (χ4n) is 1.55. The van der Waals surface area contributed by atoms with E-state index in [1.807, 2.05) is 24.3 Å². The molecule has 0 aliphatic heterocycles. The van der Waals surface area contributed by atoms with Crippen LogP contribution in [-0.4, -0.2) is 19.7 Å². The largest absolute Gasteiger partial charge is 0.468 e. The number of esters is 1. The SMILES string of the molecule is COC(=O)C(C)(CON)c1ccccc1Br. The zero-order chi connectivity index (χ0) is 12.2. The number of hydrogen-bond donors (Lipinski definition) is 1. The monoisotopic (exact) mass is 287 g/mol. The molecule has 0 aliphatic carbocycles. The van der Waals surface area contributed by atoms with Crippen LogP contribution in [0.4, 0.5) is 0 Å². The van der Waals surface area contributed by atoms with Gasteiger partial charge in [0.05, 0.1) is 13.7 Å². The van der Waals surface area contributed by atoms with Gasteiger partial charge in [-0.2, -0.15) is 0 Å². The van der Waals surface area contributed by atoms with Crippen molar-refractivity contribution < 1.29 is 14.4 Å². The van der Waals surface area contributed by atoms with E-state index < -0.39 is 5.41 Å². The van der Waals surface area contributed by atoms with Crippen LogP contribution in [0.3, 0.4) is 0 Å². The number of ether oxygens (including phenoxy) is 1. The second kappa shape index (κ2) is 5.43. The summed E-state index contributed by atoms with van der Waals surface area (Å²) in [7, 11) is 1.34. The van der Waals surface area contributed by atoms with Gasteiger partial charge < -0.3 is 9.57 Å². The molecule has 4 nitrogen and oxygen atoms in total. The molecule has 1 unspecified atom stereocenters. The van der Waals surface area contributed by atoms with Gasteiger partial charge in [0.1, 0.15) is 5.41 Å². The minimum Gasteiger partial charge on any atom is -0.468 e. The smallest absolute Gasteiger partial charge is 0.318 e. The third-order valence-electron chi connectivity index (χ3n) is 2.48. The van der Waals surface area contributed by atoms with Crippen molar-refractivity contribution in [1.82, 2.24) is 0 Å². The first-order chi connectivity index (χ1) is 7.56. The lowest BCUT2D eigenvalue weighted by atomic mass is 9.83. The van der Waals surface area contributed by atoms with Gasteiger partial charge >= 0.3 is 5.97 Å². The molecule has 1 rings (SSSR count). The van der Waals surface area contributed by atoms with Gasteiger partial charge in [-0.05, 0) is 18.6 Å². The third-order valence-corrected chi connectivity index (χ3v) is 3.17. The lowest BCUT2D eigenvalue weighted by molar-refractivity contribution is -0.149. The van der Waals surface area contributed by atoms with Crippen molar-refractivity contribution in [2.24, 2.45) is 5.90 Å². The molecule has 0 aliphatic rings. The Labute approximate surface area is 103 Å². The number of carbonyl (C=O) groups excluding carboxylic acids is 1. The van der Waals surface area contributed by atoms with Gasteiger partial charge in [0.2, 0.25) is 0 Å². The summed E-state index contributed by atoms with van der Waals surface area (Å²) in [4.78, 5) is 16.4. The lowest BCUT2D eigenvalue weighted by Gasteiger charge is -2.26. The summed E-state index contributed by atoms with van der Waals surface area (Å²) in [6, 6.07) is 7.40. The average molecular weight is 288 g/mol. The summed E-state index contributed by atoms with van der Waals surface area (Å²) >= 11 is 3.40. The number of benzene rings is 1. The van der Waals surface area contributed by atoms with E-state index in [1.54, 1.807) is 6.92 Å². The normalized spacial score (nSPS) is 14.2. The highest BCUT2D eigenvalue weighted by molar-refractivity contribution is 9.10. The van der Waals surface area contributed by atoms with Crippen LogP contribution in [0.25, 0.3) is 0 Å². The summed E-state index contributed by atoms with van der Waals surface area (Å²) in [5.74, 6) is 4.69. The van der Waals surface area contributed by atoms with Crippen molar-refractivity contribution in [3.8, 4) is 0 Å². The van der Waals surface area contributed by atoms with E-state index in [-0.39, 0.29) is 12.6 Å². The predicted molar refractivity (Wildman–Crippen MR) is 63.6 cm³/mol. The topological polar surface area (TPSA) is 61.5 Å². The minimum absolute atomic E-state index is 0.0578. The quantitative estimate of drug-likeness (QED) is 0.677. The minimum atomic E-state index is -0.913. The number of hydrogen-bond acceptors (Lipinski definition) is 4. The maximum atomic E-state index is 11.8. The molecule has 0 spiro atoms. The highest BCUT2D eigenvalue weighted by atomic mass is 79.9. The molecule has 0 heterocycles. The van der Waals surface area contributed by atoms with Crippen molar-refractivity contribution in [2.75, 3.05) is 13.7 Å². The molecule has 1 aromatic carbocycles. The molecule has 1 atom stereocenters. The van der Waals surface area contributed by atoms with Crippen LogP contribution in [0.2, 0.25) is 0 Å². The molecule has 0 saturated heterocycles. The Hall–Kier alpha value is -0.910. The van der Waals surface area contributed by atoms with Crippen molar-refractivity contribution in [2.45, 2.75) is 12.3 Å². The molecule has 0 saturated carbocycles. The average Bonchev–Trinajstić information content (AvgIpc) is 2.28. The first kappa shape index (κ1) is 13.2. The summed E-state index contributed by atoms with van der Waals surface area (Å²) in [6.45, 7) is 1.79. The van der Waals surface area contributed by atoms with Crippen LogP contribution in [-0.2, 0) is 19.8 Å². The highest BCUT2D eigenvalue weighted by Crippen LogP contribution is 2.31. The Balaban J connectivity index is 3.21. The number of rotatable bonds is 4. The molecule has 16 heavy (non-hydrogen) atoms. The Morgan fingerprint density at radius 1 is 1.50 bits per heavy atom.